The summed E-state index contributed by atoms with van der Waals surface area (Å²) < 4.78 is 30.0. The topological polar surface area (TPSA) is 61.2 Å². The summed E-state index contributed by atoms with van der Waals surface area (Å²) in [6, 6.07) is 6.72. The Balaban J connectivity index is 2.09. The first kappa shape index (κ1) is 15.9. The highest BCUT2D eigenvalue weighted by Gasteiger charge is 2.12. The molecule has 7 heteroatoms. The number of nitrogens with zero attached hydrogens (tertiary/aromatic N) is 2. The molecule has 114 valence electrons. The zero-order valence-corrected chi connectivity index (χ0v) is 13.6. The molecule has 0 atom stereocenters. The highest BCUT2D eigenvalue weighted by atomic mass is 35.7. The van der Waals surface area contributed by atoms with Gasteiger partial charge in [0, 0.05) is 22.9 Å². The van der Waals surface area contributed by atoms with Gasteiger partial charge in [0.2, 0.25) is 0 Å². The van der Waals surface area contributed by atoms with Crippen molar-refractivity contribution < 1.29 is 13.2 Å². The molecule has 2 rings (SSSR count). The van der Waals surface area contributed by atoms with E-state index in [1.54, 1.807) is 13.0 Å². The van der Waals surface area contributed by atoms with E-state index in [1.807, 2.05) is 30.8 Å². The van der Waals surface area contributed by atoms with Gasteiger partial charge in [0.1, 0.15) is 12.4 Å². The summed E-state index contributed by atoms with van der Waals surface area (Å²) in [7, 11) is 1.59. The smallest absolute Gasteiger partial charge is 0.261 e. The zero-order chi connectivity index (χ0) is 15.6. The van der Waals surface area contributed by atoms with Crippen molar-refractivity contribution in [3.8, 4) is 5.75 Å². The summed E-state index contributed by atoms with van der Waals surface area (Å²) in [5, 5.41) is 4.39. The average Bonchev–Trinajstić information content (AvgIpc) is 2.85. The molecule has 0 saturated carbocycles. The summed E-state index contributed by atoms with van der Waals surface area (Å²) >= 11 is 0. The van der Waals surface area contributed by atoms with Gasteiger partial charge < -0.3 is 4.74 Å². The number of hydrogen-bond donors (Lipinski definition) is 0. The molecule has 0 radical (unpaired) electrons. The number of rotatable bonds is 5. The molecule has 0 fully saturated rings. The standard InChI is InChI=1S/C14H17ClN2O3S/c1-10(2)17-7-6-12(16-17)9-20-14-5-4-13(8-11(14)3)21(15,18)19/h4-8,10H,9H2,1-3H3. The number of aromatic nitrogens is 2. The van der Waals surface area contributed by atoms with E-state index in [2.05, 4.69) is 5.10 Å². The number of halogens is 1. The van der Waals surface area contributed by atoms with Gasteiger partial charge in [0.25, 0.3) is 9.05 Å². The maximum atomic E-state index is 11.3. The molecular weight excluding hydrogens is 312 g/mol. The van der Waals surface area contributed by atoms with Gasteiger partial charge in [0.05, 0.1) is 10.6 Å². The second kappa shape index (κ2) is 6.07. The summed E-state index contributed by atoms with van der Waals surface area (Å²) in [4.78, 5) is 0.0677. The third-order valence-corrected chi connectivity index (χ3v) is 4.35. The second-order valence-electron chi connectivity index (χ2n) is 5.03. The van der Waals surface area contributed by atoms with Gasteiger partial charge in [-0.1, -0.05) is 0 Å². The zero-order valence-electron chi connectivity index (χ0n) is 12.1. The van der Waals surface area contributed by atoms with Crippen LogP contribution in [0.5, 0.6) is 5.75 Å². The molecule has 5 nitrogen and oxygen atoms in total. The van der Waals surface area contributed by atoms with Crippen LogP contribution in [0.15, 0.2) is 35.4 Å². The van der Waals surface area contributed by atoms with E-state index >= 15 is 0 Å². The van der Waals surface area contributed by atoms with Crippen molar-refractivity contribution in [2.75, 3.05) is 0 Å². The van der Waals surface area contributed by atoms with E-state index in [1.165, 1.54) is 12.1 Å². The van der Waals surface area contributed by atoms with E-state index in [0.29, 0.717) is 24.0 Å². The van der Waals surface area contributed by atoms with Gasteiger partial charge in [-0.25, -0.2) is 8.42 Å². The number of hydrogen-bond acceptors (Lipinski definition) is 4. The third kappa shape index (κ3) is 3.98. The van der Waals surface area contributed by atoms with Crippen molar-refractivity contribution in [2.45, 2.75) is 38.3 Å². The highest BCUT2D eigenvalue weighted by Crippen LogP contribution is 2.24. The molecule has 1 aromatic heterocycles. The van der Waals surface area contributed by atoms with Crippen molar-refractivity contribution in [1.29, 1.82) is 0 Å². The van der Waals surface area contributed by atoms with Crippen LogP contribution in [0.25, 0.3) is 0 Å². The van der Waals surface area contributed by atoms with Crippen LogP contribution in [0.4, 0.5) is 0 Å². The third-order valence-electron chi connectivity index (χ3n) is 3.00. The minimum absolute atomic E-state index is 0.0677. The Morgan fingerprint density at radius 2 is 2.05 bits per heavy atom. The van der Waals surface area contributed by atoms with Gasteiger partial charge in [-0.3, -0.25) is 4.68 Å². The molecule has 0 N–H and O–H groups in total. The molecule has 0 aliphatic rings. The molecule has 0 saturated heterocycles. The monoisotopic (exact) mass is 328 g/mol. The van der Waals surface area contributed by atoms with Gasteiger partial charge >= 0.3 is 0 Å². The van der Waals surface area contributed by atoms with Crippen LogP contribution in [0, 0.1) is 6.92 Å². The molecule has 0 aliphatic carbocycles. The lowest BCUT2D eigenvalue weighted by Gasteiger charge is -2.09. The van der Waals surface area contributed by atoms with E-state index in [0.717, 1.165) is 5.69 Å². The first-order chi connectivity index (χ1) is 9.77. The molecule has 0 amide bonds. The van der Waals surface area contributed by atoms with Crippen molar-refractivity contribution in [3.63, 3.8) is 0 Å². The molecule has 0 unspecified atom stereocenters. The van der Waals surface area contributed by atoms with Crippen LogP contribution in [0.3, 0.4) is 0 Å². The maximum absolute atomic E-state index is 11.3. The average molecular weight is 329 g/mol. The Hall–Kier alpha value is -1.53. The predicted molar refractivity (Wildman–Crippen MR) is 81.2 cm³/mol. The van der Waals surface area contributed by atoms with Gasteiger partial charge in [0.15, 0.2) is 0 Å². The summed E-state index contributed by atoms with van der Waals surface area (Å²) in [5.74, 6) is 0.609. The maximum Gasteiger partial charge on any atom is 0.261 e. The normalized spacial score (nSPS) is 11.9. The van der Waals surface area contributed by atoms with Crippen LogP contribution in [0.1, 0.15) is 31.1 Å². The van der Waals surface area contributed by atoms with Gasteiger partial charge in [-0.05, 0) is 50.6 Å². The largest absolute Gasteiger partial charge is 0.487 e. The lowest BCUT2D eigenvalue weighted by Crippen LogP contribution is -2.04. The van der Waals surface area contributed by atoms with Gasteiger partial charge in [-0.15, -0.1) is 0 Å². The van der Waals surface area contributed by atoms with Crippen LogP contribution >= 0.6 is 10.7 Å². The molecular formula is C14H17ClN2O3S. The van der Waals surface area contributed by atoms with E-state index < -0.39 is 9.05 Å². The van der Waals surface area contributed by atoms with Gasteiger partial charge in [-0.2, -0.15) is 5.10 Å². The van der Waals surface area contributed by atoms with Crippen molar-refractivity contribution in [1.82, 2.24) is 9.78 Å². The lowest BCUT2D eigenvalue weighted by atomic mass is 10.2. The second-order valence-corrected chi connectivity index (χ2v) is 7.60. The SMILES string of the molecule is Cc1cc(S(=O)(=O)Cl)ccc1OCc1ccn(C(C)C)n1. The Morgan fingerprint density at radius 3 is 2.57 bits per heavy atom. The van der Waals surface area contributed by atoms with Crippen LogP contribution in [-0.2, 0) is 15.7 Å². The Morgan fingerprint density at radius 1 is 1.33 bits per heavy atom. The number of ether oxygens (including phenoxy) is 1. The predicted octanol–water partition coefficient (Wildman–Crippen LogP) is 3.28. The molecule has 0 bridgehead atoms. The summed E-state index contributed by atoms with van der Waals surface area (Å²) in [6.07, 6.45) is 1.90. The fourth-order valence-corrected chi connectivity index (χ4v) is 2.67. The number of aryl methyl sites for hydroxylation is 1. The summed E-state index contributed by atoms with van der Waals surface area (Å²) in [5.41, 5.74) is 1.53. The highest BCUT2D eigenvalue weighted by molar-refractivity contribution is 8.13. The minimum atomic E-state index is -3.71. The van der Waals surface area contributed by atoms with E-state index in [-0.39, 0.29) is 4.90 Å². The fraction of sp³-hybridized carbons (Fsp3) is 0.357. The van der Waals surface area contributed by atoms with Crippen molar-refractivity contribution in [2.24, 2.45) is 0 Å². The van der Waals surface area contributed by atoms with Crippen molar-refractivity contribution in [3.05, 3.63) is 41.7 Å². The molecule has 0 spiro atoms. The lowest BCUT2D eigenvalue weighted by molar-refractivity contribution is 0.296. The Kier molecular flexibility index (Phi) is 4.58. The molecule has 1 heterocycles. The van der Waals surface area contributed by atoms with Crippen LogP contribution in [0.2, 0.25) is 0 Å². The molecule has 2 aromatic rings. The first-order valence-corrected chi connectivity index (χ1v) is 8.80. The van der Waals surface area contributed by atoms with E-state index in [4.69, 9.17) is 15.4 Å². The number of benzene rings is 1. The molecule has 1 aromatic carbocycles. The van der Waals surface area contributed by atoms with Crippen LogP contribution in [-0.4, -0.2) is 18.2 Å². The minimum Gasteiger partial charge on any atom is -0.487 e. The molecule has 21 heavy (non-hydrogen) atoms. The quantitative estimate of drug-likeness (QED) is 0.790. The Labute approximate surface area is 128 Å². The van der Waals surface area contributed by atoms with Crippen LogP contribution < -0.4 is 4.74 Å². The Bertz CT molecular complexity index is 738. The first-order valence-electron chi connectivity index (χ1n) is 6.49. The molecule has 0 aliphatic heterocycles. The van der Waals surface area contributed by atoms with E-state index in [9.17, 15) is 8.42 Å². The summed E-state index contributed by atoms with van der Waals surface area (Å²) in [6.45, 7) is 6.20. The van der Waals surface area contributed by atoms with Crippen molar-refractivity contribution >= 4 is 19.7 Å². The fourth-order valence-electron chi connectivity index (χ4n) is 1.83.